The van der Waals surface area contributed by atoms with Gasteiger partial charge < -0.3 is 10.6 Å². The zero-order valence-electron chi connectivity index (χ0n) is 12.9. The smallest absolute Gasteiger partial charge is 0.135 e. The molecule has 2 rings (SSSR count). The number of nitrogens with one attached hydrogen (secondary N) is 2. The Bertz CT molecular complexity index is 554. The molecule has 0 saturated carbocycles. The molecule has 2 N–H and O–H groups in total. The lowest BCUT2D eigenvalue weighted by Crippen LogP contribution is -2.11. The molecule has 112 valence electrons. The van der Waals surface area contributed by atoms with Gasteiger partial charge in [-0.15, -0.1) is 0 Å². The SMILES string of the molecule is CCNc1cc(NCCc2ccncc2)nc(C(C)C)n1. The van der Waals surface area contributed by atoms with Crippen molar-refractivity contribution < 1.29 is 0 Å². The maximum absolute atomic E-state index is 4.57. The van der Waals surface area contributed by atoms with E-state index < -0.39 is 0 Å². The molecule has 0 bridgehead atoms. The van der Waals surface area contributed by atoms with Crippen LogP contribution in [0.5, 0.6) is 0 Å². The monoisotopic (exact) mass is 285 g/mol. The van der Waals surface area contributed by atoms with E-state index in [2.05, 4.69) is 46.4 Å². The lowest BCUT2D eigenvalue weighted by molar-refractivity contribution is 0.774. The van der Waals surface area contributed by atoms with Crippen molar-refractivity contribution >= 4 is 11.6 Å². The largest absolute Gasteiger partial charge is 0.370 e. The molecule has 0 aliphatic heterocycles. The van der Waals surface area contributed by atoms with Gasteiger partial charge in [0, 0.05) is 37.5 Å². The molecule has 0 aromatic carbocycles. The first-order valence-corrected chi connectivity index (χ1v) is 7.44. The van der Waals surface area contributed by atoms with Gasteiger partial charge in [0.05, 0.1) is 0 Å². The number of rotatable bonds is 7. The third kappa shape index (κ3) is 4.70. The summed E-state index contributed by atoms with van der Waals surface area (Å²) in [7, 11) is 0. The maximum atomic E-state index is 4.57. The average Bonchev–Trinajstić information content (AvgIpc) is 2.48. The number of pyridine rings is 1. The van der Waals surface area contributed by atoms with Gasteiger partial charge in [-0.2, -0.15) is 0 Å². The second-order valence-corrected chi connectivity index (χ2v) is 5.21. The predicted molar refractivity (Wildman–Crippen MR) is 86.7 cm³/mol. The summed E-state index contributed by atoms with van der Waals surface area (Å²) in [6.07, 6.45) is 4.58. The van der Waals surface area contributed by atoms with Gasteiger partial charge in [-0.25, -0.2) is 9.97 Å². The Morgan fingerprint density at radius 1 is 1.05 bits per heavy atom. The predicted octanol–water partition coefficient (Wildman–Crippen LogP) is 3.08. The molecule has 5 heteroatoms. The van der Waals surface area contributed by atoms with Gasteiger partial charge in [-0.05, 0) is 31.0 Å². The van der Waals surface area contributed by atoms with E-state index in [1.807, 2.05) is 30.6 Å². The Hall–Kier alpha value is -2.17. The number of aromatic nitrogens is 3. The summed E-state index contributed by atoms with van der Waals surface area (Å²) >= 11 is 0. The van der Waals surface area contributed by atoms with E-state index in [-0.39, 0.29) is 0 Å². The number of hydrogen-bond donors (Lipinski definition) is 2. The molecule has 0 unspecified atom stereocenters. The van der Waals surface area contributed by atoms with Gasteiger partial charge >= 0.3 is 0 Å². The highest BCUT2D eigenvalue weighted by molar-refractivity contribution is 5.47. The summed E-state index contributed by atoms with van der Waals surface area (Å²) in [5, 5.41) is 6.63. The normalized spacial score (nSPS) is 10.7. The molecule has 0 radical (unpaired) electrons. The molecule has 0 amide bonds. The molecule has 5 nitrogen and oxygen atoms in total. The fourth-order valence-electron chi connectivity index (χ4n) is 1.97. The van der Waals surface area contributed by atoms with E-state index in [9.17, 15) is 0 Å². The minimum absolute atomic E-state index is 0.310. The van der Waals surface area contributed by atoms with Gasteiger partial charge in [-0.1, -0.05) is 13.8 Å². The summed E-state index contributed by atoms with van der Waals surface area (Å²) in [6.45, 7) is 7.96. The second-order valence-electron chi connectivity index (χ2n) is 5.21. The quantitative estimate of drug-likeness (QED) is 0.818. The van der Waals surface area contributed by atoms with Crippen molar-refractivity contribution in [3.63, 3.8) is 0 Å². The van der Waals surface area contributed by atoms with Crippen LogP contribution in [0.2, 0.25) is 0 Å². The molecular formula is C16H23N5. The highest BCUT2D eigenvalue weighted by Crippen LogP contribution is 2.17. The topological polar surface area (TPSA) is 62.7 Å². The molecule has 0 spiro atoms. The first-order chi connectivity index (χ1) is 10.2. The molecular weight excluding hydrogens is 262 g/mol. The van der Waals surface area contributed by atoms with Gasteiger partial charge in [-0.3, -0.25) is 4.98 Å². The van der Waals surface area contributed by atoms with Crippen molar-refractivity contribution in [1.82, 2.24) is 15.0 Å². The zero-order valence-corrected chi connectivity index (χ0v) is 12.9. The standard InChI is InChI=1S/C16H23N5/c1-4-18-14-11-15(21-16(20-14)12(2)3)19-10-7-13-5-8-17-9-6-13/h5-6,8-9,11-12H,4,7,10H2,1-3H3,(H2,18,19,20,21). The van der Waals surface area contributed by atoms with Crippen LogP contribution in [0.15, 0.2) is 30.6 Å². The minimum Gasteiger partial charge on any atom is -0.370 e. The van der Waals surface area contributed by atoms with Crippen LogP contribution < -0.4 is 10.6 Å². The van der Waals surface area contributed by atoms with E-state index in [1.165, 1.54) is 5.56 Å². The molecule has 0 aliphatic carbocycles. The first kappa shape index (κ1) is 15.2. The van der Waals surface area contributed by atoms with Gasteiger partial charge in [0.1, 0.15) is 17.5 Å². The third-order valence-corrected chi connectivity index (χ3v) is 3.09. The molecule has 2 aromatic heterocycles. The van der Waals surface area contributed by atoms with E-state index in [4.69, 9.17) is 0 Å². The Morgan fingerprint density at radius 3 is 2.33 bits per heavy atom. The second kappa shape index (κ2) is 7.57. The minimum atomic E-state index is 0.310. The molecule has 0 atom stereocenters. The molecule has 0 saturated heterocycles. The highest BCUT2D eigenvalue weighted by Gasteiger charge is 2.07. The Balaban J connectivity index is 2.01. The molecule has 21 heavy (non-hydrogen) atoms. The zero-order chi connectivity index (χ0) is 15.1. The van der Waals surface area contributed by atoms with Crippen LogP contribution in [0.1, 0.15) is 38.1 Å². The summed E-state index contributed by atoms with van der Waals surface area (Å²) in [5.41, 5.74) is 1.27. The van der Waals surface area contributed by atoms with Crippen LogP contribution in [0.25, 0.3) is 0 Å². The van der Waals surface area contributed by atoms with Crippen molar-refractivity contribution in [3.05, 3.63) is 42.0 Å². The molecule has 0 aliphatic rings. The van der Waals surface area contributed by atoms with Crippen LogP contribution in [-0.2, 0) is 6.42 Å². The van der Waals surface area contributed by atoms with Gasteiger partial charge in [0.15, 0.2) is 0 Å². The summed E-state index contributed by atoms with van der Waals surface area (Å²) in [5.74, 6) is 2.92. The fourth-order valence-corrected chi connectivity index (χ4v) is 1.97. The lowest BCUT2D eigenvalue weighted by atomic mass is 10.2. The Morgan fingerprint density at radius 2 is 1.71 bits per heavy atom. The van der Waals surface area contributed by atoms with Gasteiger partial charge in [0.2, 0.25) is 0 Å². The molecule has 2 aromatic rings. The Kier molecular flexibility index (Phi) is 5.49. The average molecular weight is 285 g/mol. The van der Waals surface area contributed by atoms with Crippen LogP contribution in [0.4, 0.5) is 11.6 Å². The first-order valence-electron chi connectivity index (χ1n) is 7.44. The van der Waals surface area contributed by atoms with E-state index in [1.54, 1.807) is 0 Å². The maximum Gasteiger partial charge on any atom is 0.135 e. The van der Waals surface area contributed by atoms with Crippen molar-refractivity contribution in [2.75, 3.05) is 23.7 Å². The summed E-state index contributed by atoms with van der Waals surface area (Å²) < 4.78 is 0. The Labute approximate surface area is 126 Å². The van der Waals surface area contributed by atoms with E-state index in [0.29, 0.717) is 5.92 Å². The number of hydrogen-bond acceptors (Lipinski definition) is 5. The fraction of sp³-hybridized carbons (Fsp3) is 0.438. The summed E-state index contributed by atoms with van der Waals surface area (Å²) in [6, 6.07) is 6.03. The van der Waals surface area contributed by atoms with E-state index in [0.717, 1.165) is 37.0 Å². The van der Waals surface area contributed by atoms with Crippen LogP contribution >= 0.6 is 0 Å². The molecule has 0 fully saturated rings. The number of nitrogens with zero attached hydrogens (tertiary/aromatic N) is 3. The van der Waals surface area contributed by atoms with Crippen molar-refractivity contribution in [3.8, 4) is 0 Å². The molecule has 2 heterocycles. The highest BCUT2D eigenvalue weighted by atomic mass is 15.1. The summed E-state index contributed by atoms with van der Waals surface area (Å²) in [4.78, 5) is 13.1. The van der Waals surface area contributed by atoms with Crippen LogP contribution in [-0.4, -0.2) is 28.0 Å². The number of anilines is 2. The van der Waals surface area contributed by atoms with E-state index >= 15 is 0 Å². The lowest BCUT2D eigenvalue weighted by Gasteiger charge is -2.12. The third-order valence-electron chi connectivity index (χ3n) is 3.09. The van der Waals surface area contributed by atoms with Crippen LogP contribution in [0.3, 0.4) is 0 Å². The van der Waals surface area contributed by atoms with Crippen molar-refractivity contribution in [1.29, 1.82) is 0 Å². The van der Waals surface area contributed by atoms with Crippen LogP contribution in [0, 0.1) is 0 Å². The van der Waals surface area contributed by atoms with Crippen molar-refractivity contribution in [2.45, 2.75) is 33.1 Å². The van der Waals surface area contributed by atoms with Gasteiger partial charge in [0.25, 0.3) is 0 Å². The van der Waals surface area contributed by atoms with Crippen molar-refractivity contribution in [2.24, 2.45) is 0 Å².